The van der Waals surface area contributed by atoms with Crippen molar-refractivity contribution in [2.75, 3.05) is 18.6 Å². The molecule has 4 N–H and O–H groups in total. The number of nitrogens with one attached hydrogen (secondary N) is 2. The molecule has 6 unspecified atom stereocenters. The lowest BCUT2D eigenvalue weighted by molar-refractivity contribution is -0.144. The highest BCUT2D eigenvalue weighted by Crippen LogP contribution is 2.53. The zero-order chi connectivity index (χ0) is 40.8. The molecule has 1 heterocycles. The number of ether oxygens (including phenoxy) is 1. The number of hydrogen-bond acceptors (Lipinski definition) is 10. The molecular formula is C42H57N4O9PS. The zero-order valence-corrected chi connectivity index (χ0v) is 34.6. The van der Waals surface area contributed by atoms with Crippen LogP contribution in [0.3, 0.4) is 0 Å². The average molecular weight is 825 g/mol. The van der Waals surface area contributed by atoms with Crippen LogP contribution in [0.4, 0.5) is 0 Å². The predicted octanol–water partition coefficient (Wildman–Crippen LogP) is 5.98. The average Bonchev–Trinajstić information content (AvgIpc) is 3.60. The standard InChI is InChI=1S/C42H57N4O9PS/c1-3-39(56(50,54-33-20-9-5-10-21-33)55-34-22-11-6-12-23-34)45-41(48)38-29-32-19-13-14-25-37(32)46(38)42(49)36(26-28-57(2,51)52)44-40(47)35(43)24-15-16-27-53-30-31-17-7-4-8-18-31/h4-12,17-18,20-23,32,35-39H,3,13-16,19,24-30,43H2,1-2H3,(H,44,47)(H,45,48). The van der Waals surface area contributed by atoms with Crippen LogP contribution in [0.1, 0.15) is 76.7 Å². The Hall–Kier alpha value is -4.23. The fourth-order valence-electron chi connectivity index (χ4n) is 7.59. The Morgan fingerprint density at radius 1 is 0.860 bits per heavy atom. The Labute approximate surface area is 336 Å². The number of para-hydroxylation sites is 2. The number of amides is 3. The number of nitrogens with zero attached hydrogens (tertiary/aromatic N) is 1. The second-order valence-electron chi connectivity index (χ2n) is 15.0. The summed E-state index contributed by atoms with van der Waals surface area (Å²) in [6.45, 7) is 2.73. The first-order valence-electron chi connectivity index (χ1n) is 19.9. The van der Waals surface area contributed by atoms with Crippen molar-refractivity contribution < 1.29 is 41.2 Å². The summed E-state index contributed by atoms with van der Waals surface area (Å²) in [5.41, 5.74) is 7.36. The summed E-state index contributed by atoms with van der Waals surface area (Å²) in [6, 6.07) is 23.5. The van der Waals surface area contributed by atoms with Gasteiger partial charge < -0.3 is 35.1 Å². The number of rotatable bonds is 21. The number of nitrogens with two attached hydrogens (primary N) is 1. The van der Waals surface area contributed by atoms with Crippen molar-refractivity contribution in [2.45, 2.75) is 108 Å². The maximum Gasteiger partial charge on any atom is 0.452 e. The molecule has 2 aliphatic rings. The first-order chi connectivity index (χ1) is 27.4. The minimum absolute atomic E-state index is 0.0177. The SMILES string of the molecule is CCC(NC(=O)C1CC2CCCCC2N1C(=O)C(CCS(C)(=O)=O)NC(=O)C(N)CCCCOCc1ccccc1)P(=O)(Oc1ccccc1)Oc1ccccc1. The summed E-state index contributed by atoms with van der Waals surface area (Å²) in [6.07, 6.45) is 6.30. The quantitative estimate of drug-likeness (QED) is 0.0853. The molecule has 0 spiro atoms. The van der Waals surface area contributed by atoms with E-state index in [0.717, 1.165) is 31.1 Å². The van der Waals surface area contributed by atoms with E-state index >= 15 is 0 Å². The lowest BCUT2D eigenvalue weighted by Crippen LogP contribution is -2.58. The number of carbonyl (C=O) groups excluding carboxylic acids is 3. The van der Waals surface area contributed by atoms with Gasteiger partial charge in [-0.05, 0) is 87.1 Å². The molecule has 2 fully saturated rings. The van der Waals surface area contributed by atoms with Crippen molar-refractivity contribution in [1.82, 2.24) is 15.5 Å². The molecular weight excluding hydrogens is 768 g/mol. The maximum absolute atomic E-state index is 14.7. The third-order valence-electron chi connectivity index (χ3n) is 10.6. The molecule has 0 aromatic heterocycles. The van der Waals surface area contributed by atoms with E-state index in [4.69, 9.17) is 19.5 Å². The number of benzene rings is 3. The first-order valence-corrected chi connectivity index (χ1v) is 23.6. The summed E-state index contributed by atoms with van der Waals surface area (Å²) in [5, 5.41) is 5.68. The van der Waals surface area contributed by atoms with Crippen LogP contribution < -0.4 is 25.4 Å². The van der Waals surface area contributed by atoms with Crippen LogP contribution in [-0.4, -0.2) is 79.6 Å². The molecule has 1 aliphatic heterocycles. The van der Waals surface area contributed by atoms with Crippen LogP contribution >= 0.6 is 7.60 Å². The maximum atomic E-state index is 14.7. The van der Waals surface area contributed by atoms with Crippen molar-refractivity contribution >= 4 is 35.2 Å². The number of fused-ring (bicyclic) bond motifs is 1. The van der Waals surface area contributed by atoms with Crippen molar-refractivity contribution in [1.29, 1.82) is 0 Å². The Balaban J connectivity index is 1.30. The Bertz CT molecular complexity index is 1860. The van der Waals surface area contributed by atoms with E-state index in [2.05, 4.69) is 10.6 Å². The van der Waals surface area contributed by atoms with E-state index in [1.54, 1.807) is 67.6 Å². The molecule has 1 aliphatic carbocycles. The van der Waals surface area contributed by atoms with Crippen molar-refractivity contribution in [3.63, 3.8) is 0 Å². The monoisotopic (exact) mass is 824 g/mol. The van der Waals surface area contributed by atoms with Crippen LogP contribution in [0.25, 0.3) is 0 Å². The first kappa shape index (κ1) is 43.9. The molecule has 1 saturated heterocycles. The lowest BCUT2D eigenvalue weighted by Gasteiger charge is -2.36. The fourth-order valence-corrected chi connectivity index (χ4v) is 10.1. The smallest absolute Gasteiger partial charge is 0.415 e. The lowest BCUT2D eigenvalue weighted by atomic mass is 9.84. The summed E-state index contributed by atoms with van der Waals surface area (Å²) < 4.78 is 57.2. The van der Waals surface area contributed by atoms with E-state index in [-0.39, 0.29) is 30.6 Å². The number of likely N-dealkylation sites (tertiary alicyclic amines) is 1. The number of carbonyl (C=O) groups is 3. The Morgan fingerprint density at radius 3 is 2.05 bits per heavy atom. The summed E-state index contributed by atoms with van der Waals surface area (Å²) in [4.78, 5) is 44.1. The van der Waals surface area contributed by atoms with Gasteiger partial charge in [0.25, 0.3) is 0 Å². The third kappa shape index (κ3) is 12.9. The highest BCUT2D eigenvalue weighted by molar-refractivity contribution is 7.90. The summed E-state index contributed by atoms with van der Waals surface area (Å²) >= 11 is 0. The van der Waals surface area contributed by atoms with E-state index in [9.17, 15) is 27.4 Å². The molecule has 15 heteroatoms. The van der Waals surface area contributed by atoms with Crippen LogP contribution in [0.15, 0.2) is 91.0 Å². The topological polar surface area (TPSA) is 183 Å². The van der Waals surface area contributed by atoms with E-state index in [0.29, 0.717) is 56.8 Å². The van der Waals surface area contributed by atoms with Crippen molar-refractivity contribution in [3.05, 3.63) is 96.6 Å². The highest BCUT2D eigenvalue weighted by Gasteiger charge is 2.50. The van der Waals surface area contributed by atoms with Gasteiger partial charge in [-0.25, -0.2) is 13.0 Å². The van der Waals surface area contributed by atoms with Gasteiger partial charge in [0.1, 0.15) is 33.4 Å². The van der Waals surface area contributed by atoms with Crippen LogP contribution in [0.2, 0.25) is 0 Å². The highest BCUT2D eigenvalue weighted by atomic mass is 32.2. The van der Waals surface area contributed by atoms with E-state index < -0.39 is 59.1 Å². The second kappa shape index (κ2) is 21.0. The Kier molecular flexibility index (Phi) is 16.1. The Morgan fingerprint density at radius 2 is 1.46 bits per heavy atom. The molecule has 6 atom stereocenters. The zero-order valence-electron chi connectivity index (χ0n) is 32.9. The predicted molar refractivity (Wildman–Crippen MR) is 219 cm³/mol. The molecule has 310 valence electrons. The van der Waals surface area contributed by atoms with Gasteiger partial charge in [-0.2, -0.15) is 0 Å². The van der Waals surface area contributed by atoms with Crippen molar-refractivity contribution in [3.8, 4) is 11.5 Å². The van der Waals surface area contributed by atoms with E-state index in [1.165, 1.54) is 4.90 Å². The second-order valence-corrected chi connectivity index (χ2v) is 19.3. The molecule has 57 heavy (non-hydrogen) atoms. The molecule has 0 bridgehead atoms. The third-order valence-corrected chi connectivity index (χ3v) is 13.7. The largest absolute Gasteiger partial charge is 0.452 e. The number of unbranched alkanes of at least 4 members (excludes halogenated alkanes) is 1. The number of hydrogen-bond donors (Lipinski definition) is 3. The molecule has 3 aromatic rings. The fraction of sp³-hybridized carbons (Fsp3) is 0.500. The minimum atomic E-state index is -4.13. The van der Waals surface area contributed by atoms with Crippen LogP contribution in [0, 0.1) is 5.92 Å². The molecule has 1 saturated carbocycles. The van der Waals surface area contributed by atoms with Gasteiger partial charge in [0.05, 0.1) is 18.4 Å². The molecule has 5 rings (SSSR count). The van der Waals surface area contributed by atoms with Gasteiger partial charge in [0, 0.05) is 18.9 Å². The van der Waals surface area contributed by atoms with E-state index in [1.807, 2.05) is 30.3 Å². The summed E-state index contributed by atoms with van der Waals surface area (Å²) in [5.74, 6) is -2.48. The van der Waals surface area contributed by atoms with Gasteiger partial charge in [-0.15, -0.1) is 0 Å². The van der Waals surface area contributed by atoms with Gasteiger partial charge in [-0.3, -0.25) is 14.4 Å². The molecule has 0 radical (unpaired) electrons. The molecule has 13 nitrogen and oxygen atoms in total. The van der Waals surface area contributed by atoms with Crippen LogP contribution in [-0.2, 0) is 40.1 Å². The van der Waals surface area contributed by atoms with Gasteiger partial charge in [0.2, 0.25) is 17.7 Å². The van der Waals surface area contributed by atoms with Crippen LogP contribution in [0.5, 0.6) is 11.5 Å². The van der Waals surface area contributed by atoms with Gasteiger partial charge in [0.15, 0.2) is 5.78 Å². The minimum Gasteiger partial charge on any atom is -0.415 e. The van der Waals surface area contributed by atoms with Gasteiger partial charge >= 0.3 is 7.60 Å². The number of sulfone groups is 1. The van der Waals surface area contributed by atoms with Crippen molar-refractivity contribution in [2.24, 2.45) is 11.7 Å². The summed E-state index contributed by atoms with van der Waals surface area (Å²) in [7, 11) is -7.65. The molecule has 3 aromatic carbocycles. The normalized spacial score (nSPS) is 19.8. The molecule has 3 amide bonds. The van der Waals surface area contributed by atoms with Gasteiger partial charge in [-0.1, -0.05) is 86.5 Å².